The van der Waals surface area contributed by atoms with Gasteiger partial charge in [0.1, 0.15) is 5.82 Å². The molecule has 0 spiro atoms. The highest BCUT2D eigenvalue weighted by molar-refractivity contribution is 5.65. The van der Waals surface area contributed by atoms with Crippen LogP contribution in [0.25, 0.3) is 0 Å². The van der Waals surface area contributed by atoms with Gasteiger partial charge in [0.25, 0.3) is 0 Å². The van der Waals surface area contributed by atoms with Crippen molar-refractivity contribution < 1.29 is 0 Å². The molecule has 0 amide bonds. The summed E-state index contributed by atoms with van der Waals surface area (Å²) in [5.74, 6) is 0.930. The van der Waals surface area contributed by atoms with Crippen LogP contribution < -0.4 is 11.1 Å². The van der Waals surface area contributed by atoms with E-state index in [0.29, 0.717) is 0 Å². The van der Waals surface area contributed by atoms with Gasteiger partial charge < -0.3 is 11.1 Å². The Labute approximate surface area is 114 Å². The van der Waals surface area contributed by atoms with Crippen molar-refractivity contribution in [1.82, 2.24) is 9.78 Å². The van der Waals surface area contributed by atoms with E-state index >= 15 is 0 Å². The summed E-state index contributed by atoms with van der Waals surface area (Å²) in [6.07, 6.45) is 2.97. The number of nitrogen functional groups attached to an aromatic ring is 1. The highest BCUT2D eigenvalue weighted by atomic mass is 15.3. The second-order valence-electron chi connectivity index (χ2n) is 4.74. The van der Waals surface area contributed by atoms with Gasteiger partial charge in [0, 0.05) is 13.6 Å². The molecule has 0 aliphatic carbocycles. The third-order valence-corrected chi connectivity index (χ3v) is 3.20. The normalized spacial score (nSPS) is 10.6. The Morgan fingerprint density at radius 3 is 2.63 bits per heavy atom. The molecule has 2 aromatic rings. The number of hydrogen-bond acceptors (Lipinski definition) is 3. The van der Waals surface area contributed by atoms with Crippen LogP contribution in [0.15, 0.2) is 30.3 Å². The average Bonchev–Trinajstić information content (AvgIpc) is 2.68. The van der Waals surface area contributed by atoms with Crippen molar-refractivity contribution in [3.63, 3.8) is 0 Å². The fraction of sp³-hybridized carbons (Fsp3) is 0.400. The molecule has 0 saturated carbocycles. The Balaban J connectivity index is 1.96. The Hall–Kier alpha value is -1.97. The molecular weight excluding hydrogens is 236 g/mol. The molecule has 0 bridgehead atoms. The van der Waals surface area contributed by atoms with Crippen LogP contribution in [0.2, 0.25) is 0 Å². The van der Waals surface area contributed by atoms with E-state index in [0.717, 1.165) is 43.0 Å². The molecule has 0 saturated heterocycles. The van der Waals surface area contributed by atoms with Gasteiger partial charge >= 0.3 is 0 Å². The van der Waals surface area contributed by atoms with E-state index in [4.69, 9.17) is 5.73 Å². The van der Waals surface area contributed by atoms with Gasteiger partial charge in [0.2, 0.25) is 0 Å². The molecule has 19 heavy (non-hydrogen) atoms. The van der Waals surface area contributed by atoms with Gasteiger partial charge in [-0.1, -0.05) is 43.7 Å². The molecule has 1 aromatic carbocycles. The molecular formula is C15H22N4. The summed E-state index contributed by atoms with van der Waals surface area (Å²) in [7, 11) is 1.93. The Morgan fingerprint density at radius 2 is 1.95 bits per heavy atom. The number of nitrogens with two attached hydrogens (primary N) is 1. The summed E-state index contributed by atoms with van der Waals surface area (Å²) in [6.45, 7) is 3.00. The van der Waals surface area contributed by atoms with E-state index in [9.17, 15) is 0 Å². The molecule has 0 fully saturated rings. The van der Waals surface area contributed by atoms with E-state index in [1.807, 2.05) is 17.8 Å². The van der Waals surface area contributed by atoms with Crippen molar-refractivity contribution in [2.45, 2.75) is 26.2 Å². The number of rotatable bonds is 6. The third kappa shape index (κ3) is 3.28. The smallest absolute Gasteiger partial charge is 0.147 e. The molecule has 0 radical (unpaired) electrons. The zero-order valence-electron chi connectivity index (χ0n) is 11.7. The molecule has 1 aromatic heterocycles. The van der Waals surface area contributed by atoms with E-state index < -0.39 is 0 Å². The van der Waals surface area contributed by atoms with Crippen molar-refractivity contribution in [1.29, 1.82) is 0 Å². The van der Waals surface area contributed by atoms with Gasteiger partial charge in [-0.05, 0) is 18.4 Å². The van der Waals surface area contributed by atoms with E-state index in [2.05, 4.69) is 41.6 Å². The molecule has 3 N–H and O–H groups in total. The van der Waals surface area contributed by atoms with Crippen LogP contribution in [0.4, 0.5) is 11.5 Å². The third-order valence-electron chi connectivity index (χ3n) is 3.20. The highest BCUT2D eigenvalue weighted by Gasteiger charge is 2.11. The molecule has 1 heterocycles. The fourth-order valence-electron chi connectivity index (χ4n) is 2.20. The number of nitrogens with zero attached hydrogens (tertiary/aromatic N) is 2. The first-order chi connectivity index (χ1) is 9.22. The summed E-state index contributed by atoms with van der Waals surface area (Å²) in [6, 6.07) is 10.4. The van der Waals surface area contributed by atoms with E-state index in [1.165, 1.54) is 5.56 Å². The topological polar surface area (TPSA) is 55.9 Å². The van der Waals surface area contributed by atoms with Crippen molar-refractivity contribution >= 4 is 11.5 Å². The van der Waals surface area contributed by atoms with Gasteiger partial charge in [-0.15, -0.1) is 0 Å². The van der Waals surface area contributed by atoms with Gasteiger partial charge in [-0.3, -0.25) is 4.68 Å². The summed E-state index contributed by atoms with van der Waals surface area (Å²) < 4.78 is 1.84. The molecule has 4 heteroatoms. The lowest BCUT2D eigenvalue weighted by atomic mass is 10.1. The standard InChI is InChI=1S/C15H22N4/c1-3-7-13-14(16)15(19(2)18-13)17-11-10-12-8-5-4-6-9-12/h4-6,8-9,17H,3,7,10-11,16H2,1-2H3. The van der Waals surface area contributed by atoms with Crippen LogP contribution in [0.5, 0.6) is 0 Å². The predicted molar refractivity (Wildman–Crippen MR) is 80.3 cm³/mol. The molecule has 0 aliphatic rings. The quantitative estimate of drug-likeness (QED) is 0.837. The molecule has 4 nitrogen and oxygen atoms in total. The van der Waals surface area contributed by atoms with Crippen LogP contribution in [-0.4, -0.2) is 16.3 Å². The van der Waals surface area contributed by atoms with Gasteiger partial charge in [0.05, 0.1) is 11.4 Å². The summed E-state index contributed by atoms with van der Waals surface area (Å²) >= 11 is 0. The number of nitrogens with one attached hydrogen (secondary N) is 1. The predicted octanol–water partition coefficient (Wildman–Crippen LogP) is 2.61. The number of hydrogen-bond donors (Lipinski definition) is 2. The van der Waals surface area contributed by atoms with Crippen molar-refractivity contribution in [3.8, 4) is 0 Å². The van der Waals surface area contributed by atoms with Crippen LogP contribution in [0, 0.1) is 0 Å². The SMILES string of the molecule is CCCc1nn(C)c(NCCc2ccccc2)c1N. The zero-order chi connectivity index (χ0) is 13.7. The zero-order valence-corrected chi connectivity index (χ0v) is 11.7. The monoisotopic (exact) mass is 258 g/mol. The first-order valence-electron chi connectivity index (χ1n) is 6.81. The molecule has 0 unspecified atom stereocenters. The van der Waals surface area contributed by atoms with Gasteiger partial charge in [-0.2, -0.15) is 5.10 Å². The second kappa shape index (κ2) is 6.27. The maximum atomic E-state index is 6.12. The van der Waals surface area contributed by atoms with Crippen molar-refractivity contribution in [2.75, 3.05) is 17.6 Å². The lowest BCUT2D eigenvalue weighted by Gasteiger charge is -2.07. The van der Waals surface area contributed by atoms with Crippen LogP contribution in [0.1, 0.15) is 24.6 Å². The maximum absolute atomic E-state index is 6.12. The Morgan fingerprint density at radius 1 is 1.21 bits per heavy atom. The lowest BCUT2D eigenvalue weighted by molar-refractivity contribution is 0.734. The van der Waals surface area contributed by atoms with E-state index in [1.54, 1.807) is 0 Å². The number of anilines is 2. The number of benzene rings is 1. The largest absolute Gasteiger partial charge is 0.394 e. The van der Waals surface area contributed by atoms with Crippen LogP contribution in [0.3, 0.4) is 0 Å². The van der Waals surface area contributed by atoms with Crippen molar-refractivity contribution in [2.24, 2.45) is 7.05 Å². The minimum atomic E-state index is 0.789. The Kier molecular flexibility index (Phi) is 4.44. The fourth-order valence-corrected chi connectivity index (χ4v) is 2.20. The first kappa shape index (κ1) is 13.5. The van der Waals surface area contributed by atoms with Crippen LogP contribution in [-0.2, 0) is 19.9 Å². The van der Waals surface area contributed by atoms with Gasteiger partial charge in [-0.25, -0.2) is 0 Å². The second-order valence-corrected chi connectivity index (χ2v) is 4.74. The molecule has 2 rings (SSSR count). The van der Waals surface area contributed by atoms with Gasteiger partial charge in [0.15, 0.2) is 0 Å². The minimum absolute atomic E-state index is 0.789. The first-order valence-corrected chi connectivity index (χ1v) is 6.81. The minimum Gasteiger partial charge on any atom is -0.394 e. The van der Waals surface area contributed by atoms with Crippen molar-refractivity contribution in [3.05, 3.63) is 41.6 Å². The van der Waals surface area contributed by atoms with Crippen LogP contribution >= 0.6 is 0 Å². The summed E-state index contributed by atoms with van der Waals surface area (Å²) in [5.41, 5.74) is 9.23. The summed E-state index contributed by atoms with van der Waals surface area (Å²) in [5, 5.41) is 7.84. The average molecular weight is 258 g/mol. The Bertz CT molecular complexity index is 516. The number of aryl methyl sites for hydroxylation is 2. The lowest BCUT2D eigenvalue weighted by Crippen LogP contribution is -2.09. The number of aromatic nitrogens is 2. The molecule has 0 atom stereocenters. The molecule has 102 valence electrons. The maximum Gasteiger partial charge on any atom is 0.147 e. The van der Waals surface area contributed by atoms with E-state index in [-0.39, 0.29) is 0 Å². The highest BCUT2D eigenvalue weighted by Crippen LogP contribution is 2.22. The summed E-state index contributed by atoms with van der Waals surface area (Å²) in [4.78, 5) is 0. The molecule has 0 aliphatic heterocycles.